The van der Waals surface area contributed by atoms with Crippen molar-refractivity contribution in [1.29, 1.82) is 0 Å². The summed E-state index contributed by atoms with van der Waals surface area (Å²) in [5.74, 6) is -3.03. The van der Waals surface area contributed by atoms with Crippen LogP contribution in [0.15, 0.2) is 12.2 Å². The highest BCUT2D eigenvalue weighted by Gasteiger charge is 2.16. The van der Waals surface area contributed by atoms with Crippen molar-refractivity contribution < 1.29 is 29.0 Å². The molecule has 0 spiro atoms. The zero-order chi connectivity index (χ0) is 16.3. The Balaban J connectivity index is 3.93. The molecule has 0 aromatic heterocycles. The van der Waals surface area contributed by atoms with Crippen LogP contribution in [0.4, 0.5) is 0 Å². The Hall–Kier alpha value is -1.85. The fourth-order valence-electron chi connectivity index (χ4n) is 1.66. The van der Waals surface area contributed by atoms with Gasteiger partial charge in [-0.1, -0.05) is 32.8 Å². The number of carbonyl (C=O) groups is 3. The second-order valence-electron chi connectivity index (χ2n) is 4.88. The number of carbonyl (C=O) groups excluding carboxylic acids is 3. The number of rotatable bonds is 11. The van der Waals surface area contributed by atoms with Gasteiger partial charge in [-0.05, 0) is 19.8 Å². The van der Waals surface area contributed by atoms with E-state index in [-0.39, 0.29) is 18.1 Å². The Bertz CT molecular complexity index is 374. The Morgan fingerprint density at radius 2 is 1.86 bits per heavy atom. The van der Waals surface area contributed by atoms with Crippen LogP contribution in [0.1, 0.15) is 52.4 Å². The van der Waals surface area contributed by atoms with Gasteiger partial charge < -0.3 is 19.4 Å². The summed E-state index contributed by atoms with van der Waals surface area (Å²) < 4.78 is 9.50. The minimum absolute atomic E-state index is 0.139. The van der Waals surface area contributed by atoms with Gasteiger partial charge in [-0.15, -0.1) is 0 Å². The van der Waals surface area contributed by atoms with Crippen molar-refractivity contribution in [3.63, 3.8) is 0 Å². The largest absolute Gasteiger partial charge is 0.546 e. The zero-order valence-corrected chi connectivity index (χ0v) is 12.7. The van der Waals surface area contributed by atoms with E-state index in [1.165, 1.54) is 0 Å². The molecule has 6 nitrogen and oxygen atoms in total. The van der Waals surface area contributed by atoms with E-state index in [9.17, 15) is 19.5 Å². The minimum Gasteiger partial charge on any atom is -0.546 e. The molecule has 0 aliphatic heterocycles. The minimum atomic E-state index is -1.51. The van der Waals surface area contributed by atoms with Crippen LogP contribution in [0.25, 0.3) is 0 Å². The summed E-state index contributed by atoms with van der Waals surface area (Å²) in [5.41, 5.74) is -0.139. The number of aliphatic carboxylic acids is 1. The van der Waals surface area contributed by atoms with Crippen LogP contribution < -0.4 is 5.11 Å². The first-order chi connectivity index (χ1) is 9.86. The second kappa shape index (κ2) is 10.9. The van der Waals surface area contributed by atoms with Gasteiger partial charge in [0, 0.05) is 5.57 Å². The monoisotopic (exact) mass is 299 g/mol. The molecule has 0 fully saturated rings. The average Bonchev–Trinajstić information content (AvgIpc) is 2.40. The van der Waals surface area contributed by atoms with Crippen molar-refractivity contribution in [3.05, 3.63) is 12.2 Å². The highest BCUT2D eigenvalue weighted by atomic mass is 16.6. The summed E-state index contributed by atoms with van der Waals surface area (Å²) in [6.07, 6.45) is 4.61. The third-order valence-electron chi connectivity index (χ3n) is 2.76. The third-order valence-corrected chi connectivity index (χ3v) is 2.76. The van der Waals surface area contributed by atoms with Crippen molar-refractivity contribution in [2.75, 3.05) is 6.61 Å². The zero-order valence-electron chi connectivity index (χ0n) is 12.7. The quantitative estimate of drug-likeness (QED) is 0.322. The normalized spacial score (nSPS) is 11.5. The predicted molar refractivity (Wildman–Crippen MR) is 74.0 cm³/mol. The molecule has 0 saturated heterocycles. The molecule has 120 valence electrons. The molecule has 0 rings (SSSR count). The van der Waals surface area contributed by atoms with E-state index in [1.807, 2.05) is 0 Å². The van der Waals surface area contributed by atoms with Crippen molar-refractivity contribution in [2.45, 2.75) is 58.5 Å². The number of carboxylic acid groups (broad SMARTS) is 1. The third kappa shape index (κ3) is 10.6. The number of hydrogen-bond acceptors (Lipinski definition) is 6. The molecule has 1 atom stereocenters. The molecular weight excluding hydrogens is 276 g/mol. The molecule has 21 heavy (non-hydrogen) atoms. The molecule has 0 aromatic rings. The van der Waals surface area contributed by atoms with Gasteiger partial charge in [0.1, 0.15) is 6.61 Å². The Morgan fingerprint density at radius 1 is 1.19 bits per heavy atom. The maximum absolute atomic E-state index is 11.6. The molecule has 0 saturated carbocycles. The highest BCUT2D eigenvalue weighted by Crippen LogP contribution is 2.10. The molecule has 0 aliphatic carbocycles. The maximum atomic E-state index is 11.6. The van der Waals surface area contributed by atoms with Crippen LogP contribution in [0.2, 0.25) is 0 Å². The second-order valence-corrected chi connectivity index (χ2v) is 4.88. The molecule has 0 heterocycles. The fraction of sp³-hybridized carbons (Fsp3) is 0.667. The summed E-state index contributed by atoms with van der Waals surface area (Å²) in [4.78, 5) is 33.0. The predicted octanol–water partition coefficient (Wildman–Crippen LogP) is 1.13. The molecule has 0 unspecified atom stereocenters. The molecular formula is C15H23O6-. The summed E-state index contributed by atoms with van der Waals surface area (Å²) in [7, 11) is 0. The van der Waals surface area contributed by atoms with Crippen LogP contribution in [-0.4, -0.2) is 30.6 Å². The van der Waals surface area contributed by atoms with Crippen molar-refractivity contribution in [3.8, 4) is 0 Å². The lowest BCUT2D eigenvalue weighted by atomic mass is 10.1. The first-order valence-corrected chi connectivity index (χ1v) is 7.11. The molecule has 0 amide bonds. The van der Waals surface area contributed by atoms with Crippen molar-refractivity contribution in [2.24, 2.45) is 0 Å². The molecule has 0 N–H and O–H groups in total. The van der Waals surface area contributed by atoms with Gasteiger partial charge in [-0.2, -0.15) is 0 Å². The lowest BCUT2D eigenvalue weighted by Gasteiger charge is -2.13. The molecule has 0 bridgehead atoms. The van der Waals surface area contributed by atoms with Crippen LogP contribution in [0.5, 0.6) is 0 Å². The van der Waals surface area contributed by atoms with Gasteiger partial charge in [-0.25, -0.2) is 4.79 Å². The number of unbranched alkanes of at least 4 members (excludes halogenated alkanes) is 3. The molecule has 0 aliphatic rings. The SMILES string of the molecule is C=C(CC(=O)O[C@H](C)CCCCCC)C(=O)OCC(=O)[O-]. The Morgan fingerprint density at radius 3 is 2.43 bits per heavy atom. The smallest absolute Gasteiger partial charge is 0.334 e. The molecule has 6 heteroatoms. The number of hydrogen-bond donors (Lipinski definition) is 0. The van der Waals surface area contributed by atoms with E-state index in [0.717, 1.165) is 32.1 Å². The number of carboxylic acids is 1. The van der Waals surface area contributed by atoms with E-state index in [4.69, 9.17) is 4.74 Å². The summed E-state index contributed by atoms with van der Waals surface area (Å²) in [6.45, 7) is 6.43. The number of ether oxygens (including phenoxy) is 2. The van der Waals surface area contributed by atoms with Crippen LogP contribution in [0, 0.1) is 0 Å². The lowest BCUT2D eigenvalue weighted by Crippen LogP contribution is -2.29. The van der Waals surface area contributed by atoms with Gasteiger partial charge in [0.05, 0.1) is 18.5 Å². The lowest BCUT2D eigenvalue weighted by molar-refractivity contribution is -0.308. The van der Waals surface area contributed by atoms with E-state index in [1.54, 1.807) is 6.92 Å². The summed E-state index contributed by atoms with van der Waals surface area (Å²) in [5, 5.41) is 10.1. The standard InChI is InChI=1S/C15H24O6/c1-4-5-6-7-8-12(3)21-14(18)9-11(2)15(19)20-10-13(16)17/h12H,2,4-10H2,1,3H3,(H,16,17)/p-1/t12-/m1/s1. The van der Waals surface area contributed by atoms with Crippen LogP contribution >= 0.6 is 0 Å². The first kappa shape index (κ1) is 19.1. The molecule has 0 radical (unpaired) electrons. The number of esters is 2. The fourth-order valence-corrected chi connectivity index (χ4v) is 1.66. The Kier molecular flexibility index (Phi) is 9.92. The van der Waals surface area contributed by atoms with Crippen molar-refractivity contribution >= 4 is 17.9 Å². The van der Waals surface area contributed by atoms with Crippen LogP contribution in [-0.2, 0) is 23.9 Å². The highest BCUT2D eigenvalue weighted by molar-refractivity contribution is 5.93. The van der Waals surface area contributed by atoms with Crippen molar-refractivity contribution in [1.82, 2.24) is 0 Å². The summed E-state index contributed by atoms with van der Waals surface area (Å²) in [6, 6.07) is 0. The van der Waals surface area contributed by atoms with Gasteiger partial charge >= 0.3 is 11.9 Å². The topological polar surface area (TPSA) is 92.7 Å². The van der Waals surface area contributed by atoms with E-state index in [2.05, 4.69) is 18.2 Å². The van der Waals surface area contributed by atoms with Gasteiger partial charge in [0.15, 0.2) is 0 Å². The summed E-state index contributed by atoms with van der Waals surface area (Å²) >= 11 is 0. The first-order valence-electron chi connectivity index (χ1n) is 7.11. The van der Waals surface area contributed by atoms with E-state index < -0.39 is 24.5 Å². The maximum Gasteiger partial charge on any atom is 0.334 e. The van der Waals surface area contributed by atoms with Crippen LogP contribution in [0.3, 0.4) is 0 Å². The van der Waals surface area contributed by atoms with E-state index >= 15 is 0 Å². The van der Waals surface area contributed by atoms with Gasteiger partial charge in [-0.3, -0.25) is 4.79 Å². The van der Waals surface area contributed by atoms with E-state index in [0.29, 0.717) is 0 Å². The van der Waals surface area contributed by atoms with Gasteiger partial charge in [0.2, 0.25) is 0 Å². The van der Waals surface area contributed by atoms with Gasteiger partial charge in [0.25, 0.3) is 0 Å². The molecule has 0 aromatic carbocycles. The Labute approximate surface area is 125 Å². The average molecular weight is 299 g/mol.